The maximum atomic E-state index is 12.8. The minimum Gasteiger partial charge on any atom is -0.494 e. The predicted molar refractivity (Wildman–Crippen MR) is 122 cm³/mol. The Hall–Kier alpha value is -3.25. The Bertz CT molecular complexity index is 933. The van der Waals surface area contributed by atoms with E-state index in [9.17, 15) is 4.79 Å². The van der Waals surface area contributed by atoms with Crippen LogP contribution in [0.3, 0.4) is 0 Å². The van der Waals surface area contributed by atoms with Crippen LogP contribution in [0.2, 0.25) is 0 Å². The van der Waals surface area contributed by atoms with Gasteiger partial charge in [0.1, 0.15) is 11.3 Å². The number of ether oxygens (including phenoxy) is 1. The van der Waals surface area contributed by atoms with E-state index in [1.165, 1.54) is 0 Å². The monoisotopic (exact) mass is 418 g/mol. The van der Waals surface area contributed by atoms with Crippen molar-refractivity contribution in [1.29, 1.82) is 0 Å². The molecule has 162 valence electrons. The third-order valence-electron chi connectivity index (χ3n) is 5.34. The van der Waals surface area contributed by atoms with E-state index in [0.717, 1.165) is 35.3 Å². The van der Waals surface area contributed by atoms with Crippen LogP contribution in [0.5, 0.6) is 5.75 Å². The number of pyridine rings is 2. The number of nitrogens with one attached hydrogen (secondary N) is 1. The van der Waals surface area contributed by atoms with Gasteiger partial charge in [0.2, 0.25) is 5.91 Å². The number of rotatable bonds is 12. The topological polar surface area (TPSA) is 90.1 Å². The third kappa shape index (κ3) is 6.12. The highest BCUT2D eigenvalue weighted by Crippen LogP contribution is 2.29. The Morgan fingerprint density at radius 3 is 2.42 bits per heavy atom. The molecular formula is C25H30N4O2. The van der Waals surface area contributed by atoms with Crippen molar-refractivity contribution >= 4 is 5.91 Å². The smallest absolute Gasteiger partial charge is 0.242 e. The van der Waals surface area contributed by atoms with Crippen LogP contribution in [0.4, 0.5) is 0 Å². The number of aromatic nitrogens is 2. The lowest BCUT2D eigenvalue weighted by molar-refractivity contribution is -0.125. The zero-order valence-electron chi connectivity index (χ0n) is 18.0. The van der Waals surface area contributed by atoms with Crippen LogP contribution < -0.4 is 15.8 Å². The molecule has 6 heteroatoms. The maximum absolute atomic E-state index is 12.8. The van der Waals surface area contributed by atoms with E-state index in [1.807, 2.05) is 54.7 Å². The molecule has 0 saturated heterocycles. The van der Waals surface area contributed by atoms with Gasteiger partial charge in [-0.1, -0.05) is 25.1 Å². The minimum absolute atomic E-state index is 0.394. The summed E-state index contributed by atoms with van der Waals surface area (Å²) in [5, 5.41) is 3.47. The largest absolute Gasteiger partial charge is 0.494 e. The number of hydrogen-bond acceptors (Lipinski definition) is 5. The second kappa shape index (κ2) is 11.2. The maximum Gasteiger partial charge on any atom is 0.242 e. The normalized spacial score (nSPS) is 12.8. The highest BCUT2D eigenvalue weighted by Gasteiger charge is 2.37. The Balaban J connectivity index is 1.83. The van der Waals surface area contributed by atoms with Crippen molar-refractivity contribution in [3.63, 3.8) is 0 Å². The molecule has 0 aliphatic heterocycles. The van der Waals surface area contributed by atoms with Gasteiger partial charge in [0.15, 0.2) is 0 Å². The summed E-state index contributed by atoms with van der Waals surface area (Å²) in [5.41, 5.74) is 8.07. The molecule has 3 rings (SSSR count). The van der Waals surface area contributed by atoms with Crippen molar-refractivity contribution in [3.8, 4) is 5.75 Å². The van der Waals surface area contributed by atoms with Gasteiger partial charge < -0.3 is 10.5 Å². The number of nitrogens with two attached hydrogens (primary N) is 1. The Morgan fingerprint density at radius 1 is 1.00 bits per heavy atom. The Kier molecular flexibility index (Phi) is 8.12. The zero-order chi connectivity index (χ0) is 21.9. The average molecular weight is 419 g/mol. The SMILES string of the molecule is CCCOc1ccc(C(CCc2ccncc2)(NCCc2cccnc2)C(N)=O)cc1. The van der Waals surface area contributed by atoms with E-state index in [2.05, 4.69) is 22.2 Å². The fourth-order valence-corrected chi connectivity index (χ4v) is 3.59. The molecule has 3 aromatic rings. The van der Waals surface area contributed by atoms with Gasteiger partial charge >= 0.3 is 0 Å². The summed E-state index contributed by atoms with van der Waals surface area (Å²) in [6, 6.07) is 15.5. The van der Waals surface area contributed by atoms with Crippen LogP contribution in [-0.4, -0.2) is 29.0 Å². The molecule has 1 aromatic carbocycles. The molecule has 3 N–H and O–H groups in total. The van der Waals surface area contributed by atoms with Gasteiger partial charge in [-0.2, -0.15) is 0 Å². The van der Waals surface area contributed by atoms with Crippen LogP contribution in [0.25, 0.3) is 0 Å². The summed E-state index contributed by atoms with van der Waals surface area (Å²) in [7, 11) is 0. The van der Waals surface area contributed by atoms with Gasteiger partial charge in [-0.15, -0.1) is 0 Å². The zero-order valence-corrected chi connectivity index (χ0v) is 18.0. The number of carbonyl (C=O) groups excluding carboxylic acids is 1. The summed E-state index contributed by atoms with van der Waals surface area (Å²) in [4.78, 5) is 21.1. The Labute approximate surface area is 183 Å². The molecule has 0 fully saturated rings. The van der Waals surface area contributed by atoms with E-state index in [4.69, 9.17) is 10.5 Å². The van der Waals surface area contributed by atoms with Crippen molar-refractivity contribution in [3.05, 3.63) is 90.0 Å². The molecule has 0 spiro atoms. The van der Waals surface area contributed by atoms with Gasteiger partial charge in [0.05, 0.1) is 6.61 Å². The lowest BCUT2D eigenvalue weighted by atomic mass is 9.83. The van der Waals surface area contributed by atoms with E-state index in [-0.39, 0.29) is 0 Å². The number of amides is 1. The first-order valence-corrected chi connectivity index (χ1v) is 10.7. The molecule has 0 aliphatic carbocycles. The van der Waals surface area contributed by atoms with E-state index >= 15 is 0 Å². The van der Waals surface area contributed by atoms with E-state index in [1.54, 1.807) is 18.6 Å². The Morgan fingerprint density at radius 2 is 1.77 bits per heavy atom. The molecule has 1 unspecified atom stereocenters. The first kappa shape index (κ1) is 22.4. The second-order valence-electron chi connectivity index (χ2n) is 7.54. The molecule has 2 heterocycles. The van der Waals surface area contributed by atoms with Gasteiger partial charge in [0.25, 0.3) is 0 Å². The molecule has 0 aliphatic rings. The minimum atomic E-state index is -0.991. The van der Waals surface area contributed by atoms with E-state index in [0.29, 0.717) is 26.0 Å². The molecular weight excluding hydrogens is 388 g/mol. The van der Waals surface area contributed by atoms with Crippen LogP contribution >= 0.6 is 0 Å². The summed E-state index contributed by atoms with van der Waals surface area (Å²) < 4.78 is 5.70. The van der Waals surface area contributed by atoms with E-state index < -0.39 is 11.4 Å². The number of hydrogen-bond donors (Lipinski definition) is 2. The quantitative estimate of drug-likeness (QED) is 0.470. The number of nitrogens with zero attached hydrogens (tertiary/aromatic N) is 2. The molecule has 1 amide bonds. The standard InChI is InChI=1S/C25H30N4O2/c1-2-18-31-23-7-5-22(6-8-23)25(24(26)30,13-9-20-10-15-27-16-11-20)29-17-12-21-4-3-14-28-19-21/h3-8,10-11,14-16,19,29H,2,9,12-13,17-18H2,1H3,(H2,26,30). The number of primary amides is 1. The van der Waals surface area contributed by atoms with Crippen LogP contribution in [0.15, 0.2) is 73.3 Å². The van der Waals surface area contributed by atoms with Crippen LogP contribution in [0.1, 0.15) is 36.5 Å². The van der Waals surface area contributed by atoms with Gasteiger partial charge in [0, 0.05) is 31.3 Å². The summed E-state index contributed by atoms with van der Waals surface area (Å²) in [6.45, 7) is 3.32. The fraction of sp³-hybridized carbons (Fsp3) is 0.320. The summed E-state index contributed by atoms with van der Waals surface area (Å²) >= 11 is 0. The van der Waals surface area contributed by atoms with Crippen molar-refractivity contribution in [2.75, 3.05) is 13.2 Å². The molecule has 6 nitrogen and oxygen atoms in total. The summed E-state index contributed by atoms with van der Waals surface area (Å²) in [6.07, 6.45) is 10.0. The lowest BCUT2D eigenvalue weighted by Crippen LogP contribution is -2.53. The highest BCUT2D eigenvalue weighted by atomic mass is 16.5. The van der Waals surface area contributed by atoms with Gasteiger partial charge in [-0.25, -0.2) is 0 Å². The number of carbonyl (C=O) groups is 1. The predicted octanol–water partition coefficient (Wildman–Crippen LogP) is 3.41. The average Bonchev–Trinajstić information content (AvgIpc) is 2.81. The van der Waals surface area contributed by atoms with Crippen molar-refractivity contribution in [2.45, 2.75) is 38.1 Å². The van der Waals surface area contributed by atoms with Crippen molar-refractivity contribution in [2.24, 2.45) is 5.73 Å². The second-order valence-corrected chi connectivity index (χ2v) is 7.54. The molecule has 0 saturated carbocycles. The first-order valence-electron chi connectivity index (χ1n) is 10.7. The highest BCUT2D eigenvalue weighted by molar-refractivity contribution is 5.86. The van der Waals surface area contributed by atoms with Crippen molar-refractivity contribution < 1.29 is 9.53 Å². The van der Waals surface area contributed by atoms with Crippen LogP contribution in [0, 0.1) is 0 Å². The first-order chi connectivity index (χ1) is 15.1. The molecule has 31 heavy (non-hydrogen) atoms. The lowest BCUT2D eigenvalue weighted by Gasteiger charge is -2.33. The summed E-state index contributed by atoms with van der Waals surface area (Å²) in [5.74, 6) is 0.392. The van der Waals surface area contributed by atoms with Gasteiger partial charge in [-0.05, 0) is 72.7 Å². The van der Waals surface area contributed by atoms with Crippen LogP contribution in [-0.2, 0) is 23.2 Å². The third-order valence-corrected chi connectivity index (χ3v) is 5.34. The van der Waals surface area contributed by atoms with Gasteiger partial charge in [-0.3, -0.25) is 20.1 Å². The molecule has 0 radical (unpaired) electrons. The van der Waals surface area contributed by atoms with Crippen molar-refractivity contribution in [1.82, 2.24) is 15.3 Å². The number of aryl methyl sites for hydroxylation is 1. The molecule has 1 atom stereocenters. The molecule has 0 bridgehead atoms. The molecule has 2 aromatic heterocycles. The fourth-order valence-electron chi connectivity index (χ4n) is 3.59. The number of benzene rings is 1.